The van der Waals surface area contributed by atoms with Crippen molar-refractivity contribution >= 4 is 23.2 Å². The lowest BCUT2D eigenvalue weighted by Crippen LogP contribution is -2.06. The molecule has 3 rings (SSSR count). The maximum Gasteiger partial charge on any atom is 0.416 e. The van der Waals surface area contributed by atoms with Crippen molar-refractivity contribution in [1.29, 1.82) is 0 Å². The summed E-state index contributed by atoms with van der Waals surface area (Å²) in [7, 11) is 0. The number of alkyl halides is 3. The van der Waals surface area contributed by atoms with Crippen molar-refractivity contribution in [3.63, 3.8) is 0 Å². The van der Waals surface area contributed by atoms with E-state index >= 15 is 0 Å². The predicted molar refractivity (Wildman–Crippen MR) is 97.7 cm³/mol. The van der Waals surface area contributed by atoms with Gasteiger partial charge in [-0.1, -0.05) is 30.3 Å². The summed E-state index contributed by atoms with van der Waals surface area (Å²) in [6.07, 6.45) is -1.68. The van der Waals surface area contributed by atoms with E-state index in [0.29, 0.717) is 12.4 Å². The van der Waals surface area contributed by atoms with Gasteiger partial charge in [-0.3, -0.25) is 4.79 Å². The number of carbonyl (C=O) groups is 1. The number of nitrogens with zero attached hydrogens (tertiary/aromatic N) is 1. The Morgan fingerprint density at radius 2 is 1.93 bits per heavy atom. The van der Waals surface area contributed by atoms with Gasteiger partial charge >= 0.3 is 6.18 Å². The fourth-order valence-electron chi connectivity index (χ4n) is 2.26. The highest BCUT2D eigenvalue weighted by Gasteiger charge is 2.30. The Morgan fingerprint density at radius 3 is 2.59 bits per heavy atom. The SMILES string of the molecule is O=C(/C=C/c1ccc(OCc2cscn2)cc1)c1cccc(C(F)(F)F)c1. The minimum atomic E-state index is -4.48. The molecule has 0 radical (unpaired) electrons. The molecule has 0 fully saturated rings. The third-order valence-electron chi connectivity index (χ3n) is 3.65. The van der Waals surface area contributed by atoms with Gasteiger partial charge in [0.1, 0.15) is 12.4 Å². The van der Waals surface area contributed by atoms with Crippen molar-refractivity contribution in [3.8, 4) is 5.75 Å². The summed E-state index contributed by atoms with van der Waals surface area (Å²) in [4.78, 5) is 16.2. The number of thiazole rings is 1. The van der Waals surface area contributed by atoms with Crippen LogP contribution in [0.1, 0.15) is 27.2 Å². The molecular weight excluding hydrogens is 375 g/mol. The van der Waals surface area contributed by atoms with Crippen LogP contribution in [-0.2, 0) is 12.8 Å². The number of ketones is 1. The number of hydrogen-bond acceptors (Lipinski definition) is 4. The van der Waals surface area contributed by atoms with Gasteiger partial charge in [-0.05, 0) is 35.9 Å². The first-order valence-electron chi connectivity index (χ1n) is 7.91. The Morgan fingerprint density at radius 1 is 1.15 bits per heavy atom. The quantitative estimate of drug-likeness (QED) is 0.405. The molecule has 0 unspecified atom stereocenters. The van der Waals surface area contributed by atoms with E-state index in [2.05, 4.69) is 4.98 Å². The molecule has 0 saturated heterocycles. The summed E-state index contributed by atoms with van der Waals surface area (Å²) in [5, 5.41) is 1.90. The molecule has 0 aliphatic carbocycles. The fourth-order valence-corrected chi connectivity index (χ4v) is 2.80. The summed E-state index contributed by atoms with van der Waals surface area (Å²) in [5.74, 6) is 0.161. The molecule has 1 aromatic heterocycles. The van der Waals surface area contributed by atoms with Gasteiger partial charge in [0, 0.05) is 10.9 Å². The normalized spacial score (nSPS) is 11.7. The first-order chi connectivity index (χ1) is 12.9. The van der Waals surface area contributed by atoms with Gasteiger partial charge in [0.05, 0.1) is 16.8 Å². The van der Waals surface area contributed by atoms with Gasteiger partial charge in [-0.25, -0.2) is 4.98 Å². The maximum absolute atomic E-state index is 12.7. The molecule has 0 atom stereocenters. The van der Waals surface area contributed by atoms with E-state index < -0.39 is 17.5 Å². The van der Waals surface area contributed by atoms with E-state index in [1.165, 1.54) is 29.5 Å². The van der Waals surface area contributed by atoms with Gasteiger partial charge in [0.2, 0.25) is 0 Å². The van der Waals surface area contributed by atoms with Crippen molar-refractivity contribution in [3.05, 3.63) is 87.9 Å². The highest BCUT2D eigenvalue weighted by atomic mass is 32.1. The molecule has 0 aliphatic heterocycles. The average molecular weight is 389 g/mol. The summed E-state index contributed by atoms with van der Waals surface area (Å²) >= 11 is 1.49. The summed E-state index contributed by atoms with van der Waals surface area (Å²) < 4.78 is 43.8. The Labute approximate surface area is 157 Å². The number of carbonyl (C=O) groups excluding carboxylic acids is 1. The molecule has 7 heteroatoms. The third kappa shape index (κ3) is 5.27. The maximum atomic E-state index is 12.7. The molecule has 3 nitrogen and oxygen atoms in total. The van der Waals surface area contributed by atoms with Crippen LogP contribution in [0, 0.1) is 0 Å². The lowest BCUT2D eigenvalue weighted by atomic mass is 10.1. The van der Waals surface area contributed by atoms with Gasteiger partial charge in [0.25, 0.3) is 0 Å². The van der Waals surface area contributed by atoms with Gasteiger partial charge in [0.15, 0.2) is 5.78 Å². The monoisotopic (exact) mass is 389 g/mol. The van der Waals surface area contributed by atoms with Gasteiger partial charge in [-0.2, -0.15) is 13.2 Å². The van der Waals surface area contributed by atoms with Crippen LogP contribution in [0.5, 0.6) is 5.75 Å². The molecule has 0 spiro atoms. The second kappa shape index (κ2) is 8.18. The van der Waals surface area contributed by atoms with Crippen LogP contribution in [0.2, 0.25) is 0 Å². The van der Waals surface area contributed by atoms with E-state index in [1.807, 2.05) is 5.38 Å². The highest BCUT2D eigenvalue weighted by Crippen LogP contribution is 2.29. The Balaban J connectivity index is 1.62. The highest BCUT2D eigenvalue weighted by molar-refractivity contribution is 7.07. The second-order valence-corrected chi connectivity index (χ2v) is 6.33. The molecule has 0 amide bonds. The topological polar surface area (TPSA) is 39.2 Å². The first kappa shape index (κ1) is 18.8. The first-order valence-corrected chi connectivity index (χ1v) is 8.86. The molecule has 0 bridgehead atoms. The van der Waals surface area contributed by atoms with E-state index in [0.717, 1.165) is 23.4 Å². The fraction of sp³-hybridized carbons (Fsp3) is 0.100. The number of rotatable bonds is 6. The van der Waals surface area contributed by atoms with Crippen LogP contribution in [-0.4, -0.2) is 10.8 Å². The average Bonchev–Trinajstić information content (AvgIpc) is 3.18. The molecule has 1 heterocycles. The third-order valence-corrected chi connectivity index (χ3v) is 4.29. The second-order valence-electron chi connectivity index (χ2n) is 5.61. The number of hydrogen-bond donors (Lipinski definition) is 0. The summed E-state index contributed by atoms with van der Waals surface area (Å²) in [5.41, 5.74) is 2.45. The largest absolute Gasteiger partial charge is 0.487 e. The number of aromatic nitrogens is 1. The molecule has 0 N–H and O–H groups in total. The zero-order valence-electron chi connectivity index (χ0n) is 13.9. The molecule has 138 valence electrons. The van der Waals surface area contributed by atoms with Crippen molar-refractivity contribution < 1.29 is 22.7 Å². The van der Waals surface area contributed by atoms with E-state index in [1.54, 1.807) is 35.9 Å². The zero-order valence-corrected chi connectivity index (χ0v) is 14.8. The zero-order chi connectivity index (χ0) is 19.3. The van der Waals surface area contributed by atoms with Crippen LogP contribution in [0.4, 0.5) is 13.2 Å². The standard InChI is InChI=1S/C20H14F3NO2S/c21-20(22,23)16-3-1-2-15(10-16)19(25)9-6-14-4-7-18(8-5-14)26-11-17-12-27-13-24-17/h1-10,12-13H,11H2/b9-6+. The van der Waals surface area contributed by atoms with E-state index in [4.69, 9.17) is 4.74 Å². The molecule has 27 heavy (non-hydrogen) atoms. The van der Waals surface area contributed by atoms with Gasteiger partial charge < -0.3 is 4.74 Å². The molecule has 0 aliphatic rings. The van der Waals surface area contributed by atoms with Crippen LogP contribution in [0.25, 0.3) is 6.08 Å². The van der Waals surface area contributed by atoms with Crippen molar-refractivity contribution in [2.75, 3.05) is 0 Å². The molecular formula is C20H14F3NO2S. The number of benzene rings is 2. The Hall–Kier alpha value is -2.93. The van der Waals surface area contributed by atoms with Crippen LogP contribution >= 0.6 is 11.3 Å². The Kier molecular flexibility index (Phi) is 5.71. The molecule has 3 aromatic rings. The number of allylic oxidation sites excluding steroid dienone is 1. The van der Waals surface area contributed by atoms with E-state index in [9.17, 15) is 18.0 Å². The van der Waals surface area contributed by atoms with Crippen LogP contribution in [0.3, 0.4) is 0 Å². The number of halogens is 3. The van der Waals surface area contributed by atoms with Crippen molar-refractivity contribution in [1.82, 2.24) is 4.98 Å². The minimum absolute atomic E-state index is 0.00992. The van der Waals surface area contributed by atoms with Crippen LogP contribution in [0.15, 0.2) is 65.5 Å². The predicted octanol–water partition coefficient (Wildman–Crippen LogP) is 5.64. The number of ether oxygens (including phenoxy) is 1. The summed E-state index contributed by atoms with van der Waals surface area (Å²) in [6, 6.07) is 11.4. The van der Waals surface area contributed by atoms with E-state index in [-0.39, 0.29) is 5.56 Å². The summed E-state index contributed by atoms with van der Waals surface area (Å²) in [6.45, 7) is 0.368. The lowest BCUT2D eigenvalue weighted by molar-refractivity contribution is -0.137. The molecule has 0 saturated carbocycles. The van der Waals surface area contributed by atoms with Crippen LogP contribution < -0.4 is 4.74 Å². The minimum Gasteiger partial charge on any atom is -0.487 e. The van der Waals surface area contributed by atoms with Crippen molar-refractivity contribution in [2.24, 2.45) is 0 Å². The Bertz CT molecular complexity index is 933. The lowest BCUT2D eigenvalue weighted by Gasteiger charge is -2.07. The van der Waals surface area contributed by atoms with Gasteiger partial charge in [-0.15, -0.1) is 11.3 Å². The molecule has 2 aromatic carbocycles. The smallest absolute Gasteiger partial charge is 0.416 e. The van der Waals surface area contributed by atoms with Crippen molar-refractivity contribution in [2.45, 2.75) is 12.8 Å².